The number of halogens is 3. The lowest BCUT2D eigenvalue weighted by atomic mass is 10.4. The maximum atomic E-state index is 11.7. The molecule has 0 atom stereocenters. The highest BCUT2D eigenvalue weighted by Gasteiger charge is 2.30. The monoisotopic (exact) mass is 168 g/mol. The van der Waals surface area contributed by atoms with E-state index in [0.29, 0.717) is 0 Å². The van der Waals surface area contributed by atoms with Crippen LogP contribution in [0.15, 0.2) is 0 Å². The zero-order valence-corrected chi connectivity index (χ0v) is 6.50. The Morgan fingerprint density at radius 3 is 2.00 bits per heavy atom. The van der Waals surface area contributed by atoms with Gasteiger partial charge in [0.05, 0.1) is 5.84 Å². The van der Waals surface area contributed by atoms with Crippen molar-refractivity contribution in [3.63, 3.8) is 0 Å². The van der Waals surface area contributed by atoms with E-state index in [0.717, 1.165) is 4.90 Å². The number of rotatable bonds is 2. The van der Waals surface area contributed by atoms with Crippen LogP contribution in [0.3, 0.4) is 0 Å². The summed E-state index contributed by atoms with van der Waals surface area (Å²) < 4.78 is 35.1. The Kier molecular flexibility index (Phi) is 3.35. The Labute approximate surface area is 63.5 Å². The molecule has 0 fully saturated rings. The van der Waals surface area contributed by atoms with Gasteiger partial charge in [-0.2, -0.15) is 13.2 Å². The molecule has 0 bridgehead atoms. The van der Waals surface area contributed by atoms with Crippen molar-refractivity contribution in [2.45, 2.75) is 20.0 Å². The van der Waals surface area contributed by atoms with Crippen LogP contribution in [0.1, 0.15) is 13.8 Å². The number of alkyl halides is 3. The van der Waals surface area contributed by atoms with Crippen LogP contribution in [0.4, 0.5) is 13.2 Å². The number of hydrogen-bond acceptors (Lipinski definition) is 1. The molecule has 0 aromatic carbocycles. The van der Waals surface area contributed by atoms with Crippen LogP contribution < -0.4 is 0 Å². The first kappa shape index (κ1) is 10.3. The average molecular weight is 168 g/mol. The molecular weight excluding hydrogens is 157 g/mol. The molecule has 0 amide bonds. The molecule has 0 rings (SSSR count). The van der Waals surface area contributed by atoms with Crippen molar-refractivity contribution in [1.29, 1.82) is 5.41 Å². The molecule has 0 heterocycles. The normalized spacial score (nSPS) is 11.4. The van der Waals surface area contributed by atoms with Crippen molar-refractivity contribution < 1.29 is 13.2 Å². The van der Waals surface area contributed by atoms with E-state index < -0.39 is 12.7 Å². The molecule has 0 radical (unpaired) electrons. The lowest BCUT2D eigenvalue weighted by Gasteiger charge is -2.22. The summed E-state index contributed by atoms with van der Waals surface area (Å²) >= 11 is 0. The second kappa shape index (κ2) is 3.59. The highest BCUT2D eigenvalue weighted by atomic mass is 19.4. The van der Waals surface area contributed by atoms with Crippen LogP contribution in [0.2, 0.25) is 0 Å². The summed E-state index contributed by atoms with van der Waals surface area (Å²) in [6, 6.07) is 0. The van der Waals surface area contributed by atoms with Crippen LogP contribution in [0.5, 0.6) is 0 Å². The van der Waals surface area contributed by atoms with Crippen LogP contribution in [0, 0.1) is 5.41 Å². The predicted molar refractivity (Wildman–Crippen MR) is 36.7 cm³/mol. The Bertz CT molecular complexity index is 141. The van der Waals surface area contributed by atoms with Gasteiger partial charge in [-0.1, -0.05) is 0 Å². The number of amidine groups is 1. The van der Waals surface area contributed by atoms with Gasteiger partial charge in [0, 0.05) is 6.54 Å². The molecule has 0 aromatic rings. The topological polar surface area (TPSA) is 27.1 Å². The third-order valence-corrected chi connectivity index (χ3v) is 1.23. The average Bonchev–Trinajstić information content (AvgIpc) is 1.80. The summed E-state index contributed by atoms with van der Waals surface area (Å²) in [5, 5.41) is 6.96. The molecule has 0 aliphatic heterocycles. The molecule has 0 unspecified atom stereocenters. The number of nitrogens with one attached hydrogen (secondary N) is 1. The minimum atomic E-state index is -4.21. The quantitative estimate of drug-likeness (QED) is 0.494. The molecule has 66 valence electrons. The van der Waals surface area contributed by atoms with Gasteiger partial charge >= 0.3 is 6.18 Å². The molecule has 0 saturated carbocycles. The zero-order chi connectivity index (χ0) is 9.07. The smallest absolute Gasteiger partial charge is 0.352 e. The Morgan fingerprint density at radius 1 is 1.45 bits per heavy atom. The van der Waals surface area contributed by atoms with Gasteiger partial charge in [0.15, 0.2) is 0 Å². The van der Waals surface area contributed by atoms with Crippen LogP contribution in [0.25, 0.3) is 0 Å². The van der Waals surface area contributed by atoms with Crippen LogP contribution in [-0.2, 0) is 0 Å². The van der Waals surface area contributed by atoms with Crippen molar-refractivity contribution in [3.8, 4) is 0 Å². The first-order valence-corrected chi connectivity index (χ1v) is 3.23. The summed E-state index contributed by atoms with van der Waals surface area (Å²) in [6.07, 6.45) is -4.21. The first-order chi connectivity index (χ1) is 4.87. The van der Waals surface area contributed by atoms with E-state index in [4.69, 9.17) is 5.41 Å². The lowest BCUT2D eigenvalue weighted by Crippen LogP contribution is -2.36. The molecule has 0 spiro atoms. The van der Waals surface area contributed by atoms with E-state index in [1.54, 1.807) is 6.92 Å². The third kappa shape index (κ3) is 4.64. The van der Waals surface area contributed by atoms with Crippen molar-refractivity contribution in [2.75, 3.05) is 13.1 Å². The van der Waals surface area contributed by atoms with Gasteiger partial charge in [0.25, 0.3) is 0 Å². The SMILES string of the molecule is CCN(CC(F)(F)F)C(C)=N. The molecule has 2 nitrogen and oxygen atoms in total. The summed E-state index contributed by atoms with van der Waals surface area (Å²) in [6.45, 7) is 2.12. The van der Waals surface area contributed by atoms with Gasteiger partial charge < -0.3 is 4.90 Å². The van der Waals surface area contributed by atoms with Gasteiger partial charge in [-0.3, -0.25) is 5.41 Å². The van der Waals surface area contributed by atoms with Gasteiger partial charge in [-0.05, 0) is 13.8 Å². The van der Waals surface area contributed by atoms with E-state index >= 15 is 0 Å². The Balaban J connectivity index is 3.99. The second-order valence-electron chi connectivity index (χ2n) is 2.21. The van der Waals surface area contributed by atoms with E-state index in [1.165, 1.54) is 6.92 Å². The molecule has 0 aliphatic carbocycles. The Hall–Kier alpha value is -0.740. The lowest BCUT2D eigenvalue weighted by molar-refractivity contribution is -0.137. The van der Waals surface area contributed by atoms with Crippen molar-refractivity contribution in [1.82, 2.24) is 4.90 Å². The van der Waals surface area contributed by atoms with E-state index in [1.807, 2.05) is 0 Å². The van der Waals surface area contributed by atoms with Crippen molar-refractivity contribution in [2.24, 2.45) is 0 Å². The third-order valence-electron chi connectivity index (χ3n) is 1.23. The van der Waals surface area contributed by atoms with Crippen molar-refractivity contribution in [3.05, 3.63) is 0 Å². The minimum Gasteiger partial charge on any atom is -0.352 e. The van der Waals surface area contributed by atoms with E-state index in [-0.39, 0.29) is 12.4 Å². The first-order valence-electron chi connectivity index (χ1n) is 3.23. The van der Waals surface area contributed by atoms with Gasteiger partial charge in [-0.15, -0.1) is 0 Å². The minimum absolute atomic E-state index is 0.0511. The predicted octanol–water partition coefficient (Wildman–Crippen LogP) is 1.87. The number of nitrogens with zero attached hydrogens (tertiary/aromatic N) is 1. The molecule has 1 N–H and O–H groups in total. The van der Waals surface area contributed by atoms with Crippen LogP contribution in [-0.4, -0.2) is 30.0 Å². The van der Waals surface area contributed by atoms with E-state index in [9.17, 15) is 13.2 Å². The van der Waals surface area contributed by atoms with Gasteiger partial charge in [0.2, 0.25) is 0 Å². The van der Waals surface area contributed by atoms with Crippen molar-refractivity contribution >= 4 is 5.84 Å². The molecular formula is C6H11F3N2. The van der Waals surface area contributed by atoms with Crippen LogP contribution >= 0.6 is 0 Å². The maximum Gasteiger partial charge on any atom is 0.405 e. The molecule has 0 aromatic heterocycles. The molecule has 0 saturated heterocycles. The largest absolute Gasteiger partial charge is 0.405 e. The summed E-state index contributed by atoms with van der Waals surface area (Å²) in [4.78, 5) is 0.958. The van der Waals surface area contributed by atoms with E-state index in [2.05, 4.69) is 0 Å². The Morgan fingerprint density at radius 2 is 1.91 bits per heavy atom. The fourth-order valence-corrected chi connectivity index (χ4v) is 0.684. The zero-order valence-electron chi connectivity index (χ0n) is 6.50. The fourth-order valence-electron chi connectivity index (χ4n) is 0.684. The molecule has 5 heteroatoms. The van der Waals surface area contributed by atoms with Gasteiger partial charge in [-0.25, -0.2) is 0 Å². The molecule has 0 aliphatic rings. The van der Waals surface area contributed by atoms with Gasteiger partial charge in [0.1, 0.15) is 6.54 Å². The summed E-state index contributed by atoms with van der Waals surface area (Å²) in [5.74, 6) is -0.0511. The highest BCUT2D eigenvalue weighted by molar-refractivity contribution is 5.76. The number of hydrogen-bond donors (Lipinski definition) is 1. The standard InChI is InChI=1S/C6H11F3N2/c1-3-11(5(2)10)4-6(7,8)9/h10H,3-4H2,1-2H3. The fraction of sp³-hybridized carbons (Fsp3) is 0.833. The second-order valence-corrected chi connectivity index (χ2v) is 2.21. The highest BCUT2D eigenvalue weighted by Crippen LogP contribution is 2.16. The summed E-state index contributed by atoms with van der Waals surface area (Å²) in [5.41, 5.74) is 0. The maximum absolute atomic E-state index is 11.7. The molecule has 11 heavy (non-hydrogen) atoms. The summed E-state index contributed by atoms with van der Waals surface area (Å²) in [7, 11) is 0.